The summed E-state index contributed by atoms with van der Waals surface area (Å²) in [5, 5.41) is 4.88. The third kappa shape index (κ3) is 2.59. The molecule has 0 saturated heterocycles. The molecule has 2 aromatic heterocycles. The van der Waals surface area contributed by atoms with Crippen molar-refractivity contribution in [1.29, 1.82) is 0 Å². The van der Waals surface area contributed by atoms with Crippen LogP contribution in [-0.4, -0.2) is 15.9 Å². The van der Waals surface area contributed by atoms with E-state index in [1.165, 1.54) is 0 Å². The van der Waals surface area contributed by atoms with Gasteiger partial charge in [0.2, 0.25) is 0 Å². The van der Waals surface area contributed by atoms with Crippen LogP contribution in [0.25, 0.3) is 11.0 Å². The smallest absolute Gasteiger partial charge is 0.167 e. The van der Waals surface area contributed by atoms with E-state index in [1.807, 2.05) is 43.3 Å². The summed E-state index contributed by atoms with van der Waals surface area (Å²) in [6.07, 6.45) is 2.36. The SMILES string of the molecule is Cc1ccc(CC(=O)Cc2noc3ccccc23)nc1. The van der Waals surface area contributed by atoms with Gasteiger partial charge < -0.3 is 4.52 Å². The van der Waals surface area contributed by atoms with E-state index in [0.29, 0.717) is 17.7 Å². The zero-order chi connectivity index (χ0) is 13.9. The van der Waals surface area contributed by atoms with Crippen LogP contribution in [0, 0.1) is 6.92 Å². The first-order valence-corrected chi connectivity index (χ1v) is 6.49. The van der Waals surface area contributed by atoms with E-state index >= 15 is 0 Å². The van der Waals surface area contributed by atoms with Gasteiger partial charge in [-0.2, -0.15) is 0 Å². The first kappa shape index (κ1) is 12.5. The molecule has 3 rings (SSSR count). The third-order valence-electron chi connectivity index (χ3n) is 3.17. The molecule has 2 heterocycles. The average molecular weight is 266 g/mol. The molecule has 3 aromatic rings. The van der Waals surface area contributed by atoms with Crippen molar-refractivity contribution in [3.05, 3.63) is 59.5 Å². The maximum Gasteiger partial charge on any atom is 0.167 e. The van der Waals surface area contributed by atoms with Crippen molar-refractivity contribution in [2.45, 2.75) is 19.8 Å². The van der Waals surface area contributed by atoms with Crippen molar-refractivity contribution in [3.63, 3.8) is 0 Å². The van der Waals surface area contributed by atoms with Crippen LogP contribution < -0.4 is 0 Å². The molecule has 4 heteroatoms. The molecular formula is C16H14N2O2. The number of hydrogen-bond acceptors (Lipinski definition) is 4. The van der Waals surface area contributed by atoms with Crippen molar-refractivity contribution in [1.82, 2.24) is 10.1 Å². The van der Waals surface area contributed by atoms with Crippen molar-refractivity contribution in [3.8, 4) is 0 Å². The number of aromatic nitrogens is 2. The first-order chi connectivity index (χ1) is 9.72. The number of pyridine rings is 1. The fraction of sp³-hybridized carbons (Fsp3) is 0.188. The van der Waals surface area contributed by atoms with Gasteiger partial charge in [-0.1, -0.05) is 23.4 Å². The van der Waals surface area contributed by atoms with E-state index in [-0.39, 0.29) is 12.2 Å². The first-order valence-electron chi connectivity index (χ1n) is 6.49. The van der Waals surface area contributed by atoms with Gasteiger partial charge in [-0.15, -0.1) is 0 Å². The minimum absolute atomic E-state index is 0.0837. The second-order valence-corrected chi connectivity index (χ2v) is 4.84. The molecule has 0 aliphatic rings. The van der Waals surface area contributed by atoms with Gasteiger partial charge in [-0.05, 0) is 30.7 Å². The summed E-state index contributed by atoms with van der Waals surface area (Å²) < 4.78 is 5.20. The van der Waals surface area contributed by atoms with Crippen molar-refractivity contribution < 1.29 is 9.32 Å². The number of rotatable bonds is 4. The van der Waals surface area contributed by atoms with Gasteiger partial charge in [0.25, 0.3) is 0 Å². The molecule has 100 valence electrons. The molecule has 0 atom stereocenters. The number of nitrogens with zero attached hydrogens (tertiary/aromatic N) is 2. The highest BCUT2D eigenvalue weighted by Gasteiger charge is 2.12. The topological polar surface area (TPSA) is 56.0 Å². The highest BCUT2D eigenvalue weighted by atomic mass is 16.5. The van der Waals surface area contributed by atoms with Crippen LogP contribution in [0.2, 0.25) is 0 Å². The van der Waals surface area contributed by atoms with E-state index < -0.39 is 0 Å². The maximum absolute atomic E-state index is 12.1. The van der Waals surface area contributed by atoms with E-state index in [4.69, 9.17) is 4.52 Å². The molecule has 0 saturated carbocycles. The molecule has 20 heavy (non-hydrogen) atoms. The molecule has 0 bridgehead atoms. The van der Waals surface area contributed by atoms with Gasteiger partial charge in [-0.25, -0.2) is 0 Å². The number of aryl methyl sites for hydroxylation is 1. The summed E-state index contributed by atoms with van der Waals surface area (Å²) in [6, 6.07) is 11.4. The molecular weight excluding hydrogens is 252 g/mol. The standard InChI is InChI=1S/C16H14N2O2/c1-11-6-7-12(17-10-11)8-13(19)9-15-14-4-2-3-5-16(14)20-18-15/h2-7,10H,8-9H2,1H3. The van der Waals surface area contributed by atoms with Crippen LogP contribution in [0.4, 0.5) is 0 Å². The largest absolute Gasteiger partial charge is 0.356 e. The Hall–Kier alpha value is -2.49. The number of ketones is 1. The second kappa shape index (κ2) is 5.25. The van der Waals surface area contributed by atoms with E-state index in [0.717, 1.165) is 16.6 Å². The van der Waals surface area contributed by atoms with Gasteiger partial charge in [0.05, 0.1) is 12.1 Å². The minimum Gasteiger partial charge on any atom is -0.356 e. The lowest BCUT2D eigenvalue weighted by molar-refractivity contribution is -0.117. The maximum atomic E-state index is 12.1. The van der Waals surface area contributed by atoms with Gasteiger partial charge in [0.15, 0.2) is 5.58 Å². The minimum atomic E-state index is 0.0837. The summed E-state index contributed by atoms with van der Waals surface area (Å²) in [4.78, 5) is 16.3. The molecule has 0 radical (unpaired) electrons. The van der Waals surface area contributed by atoms with Crippen molar-refractivity contribution >= 4 is 16.8 Å². The van der Waals surface area contributed by atoms with Crippen LogP contribution in [0.1, 0.15) is 17.0 Å². The van der Waals surface area contributed by atoms with Gasteiger partial charge in [-0.3, -0.25) is 9.78 Å². The Morgan fingerprint density at radius 3 is 2.80 bits per heavy atom. The van der Waals surface area contributed by atoms with E-state index in [9.17, 15) is 4.79 Å². The quantitative estimate of drug-likeness (QED) is 0.728. The number of hydrogen-bond donors (Lipinski definition) is 0. The van der Waals surface area contributed by atoms with Gasteiger partial charge in [0, 0.05) is 23.7 Å². The fourth-order valence-electron chi connectivity index (χ4n) is 2.12. The van der Waals surface area contributed by atoms with Crippen LogP contribution in [0.5, 0.6) is 0 Å². The summed E-state index contributed by atoms with van der Waals surface area (Å²) in [7, 11) is 0. The van der Waals surface area contributed by atoms with Crippen LogP contribution in [0.3, 0.4) is 0 Å². The number of fused-ring (bicyclic) bond motifs is 1. The Labute approximate surface area is 116 Å². The lowest BCUT2D eigenvalue weighted by Gasteiger charge is -2.00. The molecule has 0 aliphatic heterocycles. The summed E-state index contributed by atoms with van der Waals surface area (Å²) in [5.74, 6) is 0.0837. The lowest BCUT2D eigenvalue weighted by atomic mass is 10.1. The van der Waals surface area contributed by atoms with E-state index in [1.54, 1.807) is 6.20 Å². The van der Waals surface area contributed by atoms with Gasteiger partial charge >= 0.3 is 0 Å². The highest BCUT2D eigenvalue weighted by Crippen LogP contribution is 2.18. The number of benzene rings is 1. The molecule has 0 aliphatic carbocycles. The number of carbonyl (C=O) groups is 1. The molecule has 0 N–H and O–H groups in total. The predicted molar refractivity (Wildman–Crippen MR) is 75.4 cm³/mol. The summed E-state index contributed by atoms with van der Waals surface area (Å²) in [5.41, 5.74) is 3.28. The van der Waals surface area contributed by atoms with Crippen molar-refractivity contribution in [2.24, 2.45) is 0 Å². The Bertz CT molecular complexity index is 745. The summed E-state index contributed by atoms with van der Waals surface area (Å²) in [6.45, 7) is 1.97. The van der Waals surface area contributed by atoms with Crippen molar-refractivity contribution in [2.75, 3.05) is 0 Å². The Morgan fingerprint density at radius 2 is 2.00 bits per heavy atom. The van der Waals surface area contributed by atoms with Crippen LogP contribution in [0.15, 0.2) is 47.1 Å². The Balaban J connectivity index is 1.74. The molecule has 1 aromatic carbocycles. The third-order valence-corrected chi connectivity index (χ3v) is 3.17. The number of para-hydroxylation sites is 1. The highest BCUT2D eigenvalue weighted by molar-refractivity contribution is 5.88. The monoisotopic (exact) mass is 266 g/mol. The Morgan fingerprint density at radius 1 is 1.15 bits per heavy atom. The zero-order valence-electron chi connectivity index (χ0n) is 11.2. The van der Waals surface area contributed by atoms with Crippen LogP contribution in [-0.2, 0) is 17.6 Å². The molecule has 0 unspecified atom stereocenters. The zero-order valence-corrected chi connectivity index (χ0v) is 11.2. The Kier molecular flexibility index (Phi) is 3.29. The normalized spacial score (nSPS) is 10.8. The van der Waals surface area contributed by atoms with Gasteiger partial charge in [0.1, 0.15) is 5.78 Å². The fourth-order valence-corrected chi connectivity index (χ4v) is 2.12. The second-order valence-electron chi connectivity index (χ2n) is 4.84. The average Bonchev–Trinajstić information content (AvgIpc) is 2.85. The lowest BCUT2D eigenvalue weighted by Crippen LogP contribution is -2.08. The number of carbonyl (C=O) groups excluding carboxylic acids is 1. The molecule has 0 amide bonds. The number of Topliss-reactive ketones (excluding diaryl/α,β-unsaturated/α-hetero) is 1. The summed E-state index contributed by atoms with van der Waals surface area (Å²) >= 11 is 0. The predicted octanol–water partition coefficient (Wildman–Crippen LogP) is 2.89. The molecule has 4 nitrogen and oxygen atoms in total. The van der Waals surface area contributed by atoms with Crippen LogP contribution >= 0.6 is 0 Å². The molecule has 0 spiro atoms. The molecule has 0 fully saturated rings. The van der Waals surface area contributed by atoms with E-state index in [2.05, 4.69) is 10.1 Å².